The number of nitrogens with one attached hydrogen (secondary N) is 1. The summed E-state index contributed by atoms with van der Waals surface area (Å²) in [5, 5.41) is 2.98. The molecule has 0 spiro atoms. The van der Waals surface area contributed by atoms with Gasteiger partial charge in [-0.1, -0.05) is 43.3 Å². The van der Waals surface area contributed by atoms with Gasteiger partial charge in [0.2, 0.25) is 0 Å². The van der Waals surface area contributed by atoms with Crippen LogP contribution in [0.5, 0.6) is 5.75 Å². The molecular weight excluding hydrogens is 362 g/mol. The summed E-state index contributed by atoms with van der Waals surface area (Å²) in [6.45, 7) is 4.51. The highest BCUT2D eigenvalue weighted by Crippen LogP contribution is 2.20. The topological polar surface area (TPSA) is 55.6 Å². The fourth-order valence-corrected chi connectivity index (χ4v) is 3.25. The highest BCUT2D eigenvalue weighted by Gasteiger charge is 2.18. The summed E-state index contributed by atoms with van der Waals surface area (Å²) in [6, 6.07) is 21.4. The van der Waals surface area contributed by atoms with E-state index < -0.39 is 0 Å². The molecule has 0 aliphatic heterocycles. The van der Waals surface area contributed by atoms with Crippen LogP contribution in [-0.2, 0) is 13.0 Å². The number of hydrogen-bond acceptors (Lipinski definition) is 3. The number of imidazole rings is 1. The maximum Gasteiger partial charge on any atom is 0.274 e. The first kappa shape index (κ1) is 18.7. The van der Waals surface area contributed by atoms with Crippen LogP contribution in [0.2, 0.25) is 0 Å². The number of aromatic nitrogens is 2. The first-order chi connectivity index (χ1) is 14.1. The third kappa shape index (κ3) is 4.14. The molecule has 0 saturated carbocycles. The average Bonchev–Trinajstić information content (AvgIpc) is 3.12. The molecule has 5 nitrogen and oxygen atoms in total. The second kappa shape index (κ2) is 8.19. The van der Waals surface area contributed by atoms with Crippen molar-refractivity contribution in [2.24, 2.45) is 0 Å². The molecule has 2 heterocycles. The minimum Gasteiger partial charge on any atom is -0.489 e. The van der Waals surface area contributed by atoms with E-state index in [-0.39, 0.29) is 5.91 Å². The Morgan fingerprint density at radius 3 is 2.52 bits per heavy atom. The molecule has 1 N–H and O–H groups in total. The lowest BCUT2D eigenvalue weighted by atomic mass is 10.2. The van der Waals surface area contributed by atoms with Gasteiger partial charge in [-0.05, 0) is 54.8 Å². The molecule has 0 fully saturated rings. The number of carbonyl (C=O) groups is 1. The molecular formula is C24H23N3O2. The quantitative estimate of drug-likeness (QED) is 0.506. The monoisotopic (exact) mass is 385 g/mol. The van der Waals surface area contributed by atoms with Gasteiger partial charge in [-0.3, -0.25) is 9.20 Å². The molecule has 0 radical (unpaired) electrons. The van der Waals surface area contributed by atoms with Crippen molar-refractivity contribution in [1.29, 1.82) is 0 Å². The standard InChI is InChI=1S/C24H23N3O2/c1-3-21-23(27-15-17(2)9-14-22(27)26-21)24(28)25-19-10-12-20(13-11-19)29-16-18-7-5-4-6-8-18/h4-15H,3,16H2,1-2H3,(H,25,28). The molecule has 29 heavy (non-hydrogen) atoms. The van der Waals surface area contributed by atoms with Crippen LogP contribution in [0.25, 0.3) is 5.65 Å². The largest absolute Gasteiger partial charge is 0.489 e. The lowest BCUT2D eigenvalue weighted by Gasteiger charge is -2.09. The van der Waals surface area contributed by atoms with Crippen molar-refractivity contribution in [2.45, 2.75) is 26.9 Å². The molecule has 2 aromatic carbocycles. The summed E-state index contributed by atoms with van der Waals surface area (Å²) in [5.41, 5.74) is 5.05. The van der Waals surface area contributed by atoms with Gasteiger partial charge >= 0.3 is 0 Å². The molecule has 0 aliphatic rings. The number of anilines is 1. The Kier molecular flexibility index (Phi) is 5.29. The third-order valence-corrected chi connectivity index (χ3v) is 4.75. The van der Waals surface area contributed by atoms with Crippen molar-refractivity contribution in [1.82, 2.24) is 9.38 Å². The van der Waals surface area contributed by atoms with Crippen molar-refractivity contribution in [3.05, 3.63) is 95.4 Å². The van der Waals surface area contributed by atoms with Gasteiger partial charge in [-0.15, -0.1) is 0 Å². The SMILES string of the molecule is CCc1nc2ccc(C)cn2c1C(=O)Nc1ccc(OCc2ccccc2)cc1. The average molecular weight is 385 g/mol. The lowest BCUT2D eigenvalue weighted by molar-refractivity contribution is 0.102. The van der Waals surface area contributed by atoms with Gasteiger partial charge < -0.3 is 10.1 Å². The van der Waals surface area contributed by atoms with E-state index in [2.05, 4.69) is 10.3 Å². The predicted octanol–water partition coefficient (Wildman–Crippen LogP) is 5.04. The molecule has 146 valence electrons. The highest BCUT2D eigenvalue weighted by atomic mass is 16.5. The van der Waals surface area contributed by atoms with Crippen molar-refractivity contribution in [3.8, 4) is 5.75 Å². The number of rotatable bonds is 6. The fourth-order valence-electron chi connectivity index (χ4n) is 3.25. The number of nitrogens with zero attached hydrogens (tertiary/aromatic N) is 2. The van der Waals surface area contributed by atoms with Crippen LogP contribution in [0.3, 0.4) is 0 Å². The number of benzene rings is 2. The predicted molar refractivity (Wildman–Crippen MR) is 114 cm³/mol. The number of pyridine rings is 1. The van der Waals surface area contributed by atoms with Gasteiger partial charge in [-0.2, -0.15) is 0 Å². The van der Waals surface area contributed by atoms with Crippen LogP contribution in [0.15, 0.2) is 72.9 Å². The van der Waals surface area contributed by atoms with Crippen LogP contribution in [0, 0.1) is 6.92 Å². The number of hydrogen-bond donors (Lipinski definition) is 1. The summed E-state index contributed by atoms with van der Waals surface area (Å²) in [6.07, 6.45) is 2.63. The maximum atomic E-state index is 13.0. The number of amides is 1. The molecule has 0 unspecified atom stereocenters. The van der Waals surface area contributed by atoms with Crippen LogP contribution < -0.4 is 10.1 Å². The Hall–Kier alpha value is -3.60. The number of aryl methyl sites for hydroxylation is 2. The van der Waals surface area contributed by atoms with Gasteiger partial charge in [0.1, 0.15) is 23.7 Å². The summed E-state index contributed by atoms with van der Waals surface area (Å²) < 4.78 is 7.67. The van der Waals surface area contributed by atoms with Crippen molar-refractivity contribution in [3.63, 3.8) is 0 Å². The van der Waals surface area contributed by atoms with Crippen molar-refractivity contribution < 1.29 is 9.53 Å². The Morgan fingerprint density at radius 2 is 1.79 bits per heavy atom. The van der Waals surface area contributed by atoms with Gasteiger partial charge in [0, 0.05) is 11.9 Å². The highest BCUT2D eigenvalue weighted by molar-refractivity contribution is 6.04. The Labute approximate surface area is 170 Å². The summed E-state index contributed by atoms with van der Waals surface area (Å²) in [4.78, 5) is 17.6. The Bertz CT molecular complexity index is 1130. The molecule has 0 atom stereocenters. The van der Waals surface area contributed by atoms with Gasteiger partial charge in [0.05, 0.1) is 5.69 Å². The molecule has 4 aromatic rings. The molecule has 0 saturated heterocycles. The lowest BCUT2D eigenvalue weighted by Crippen LogP contribution is -2.16. The van der Waals surface area contributed by atoms with Crippen LogP contribution in [0.4, 0.5) is 5.69 Å². The van der Waals surface area contributed by atoms with E-state index in [0.717, 1.165) is 28.2 Å². The molecule has 1 amide bonds. The van der Waals surface area contributed by atoms with Gasteiger partial charge in [0.15, 0.2) is 0 Å². The fraction of sp³-hybridized carbons (Fsp3) is 0.167. The zero-order valence-corrected chi connectivity index (χ0v) is 16.6. The maximum absolute atomic E-state index is 13.0. The second-order valence-electron chi connectivity index (χ2n) is 6.95. The molecule has 2 aromatic heterocycles. The van der Waals surface area contributed by atoms with Gasteiger partial charge in [-0.25, -0.2) is 4.98 Å². The van der Waals surface area contributed by atoms with Crippen LogP contribution in [0.1, 0.15) is 34.2 Å². The minimum atomic E-state index is -0.169. The number of carbonyl (C=O) groups excluding carboxylic acids is 1. The first-order valence-corrected chi connectivity index (χ1v) is 9.70. The van der Waals surface area contributed by atoms with E-state index in [1.807, 2.05) is 91.2 Å². The molecule has 0 aliphatic carbocycles. The Balaban J connectivity index is 1.49. The summed E-state index contributed by atoms with van der Waals surface area (Å²) in [7, 11) is 0. The van der Waals surface area contributed by atoms with E-state index in [4.69, 9.17) is 4.74 Å². The van der Waals surface area contributed by atoms with Crippen molar-refractivity contribution in [2.75, 3.05) is 5.32 Å². The number of ether oxygens (including phenoxy) is 1. The zero-order valence-electron chi connectivity index (χ0n) is 16.6. The van der Waals surface area contributed by atoms with E-state index >= 15 is 0 Å². The zero-order chi connectivity index (χ0) is 20.2. The van der Waals surface area contributed by atoms with E-state index in [9.17, 15) is 4.79 Å². The summed E-state index contributed by atoms with van der Waals surface area (Å²) in [5.74, 6) is 0.587. The molecule has 0 bridgehead atoms. The van der Waals surface area contributed by atoms with E-state index in [1.54, 1.807) is 0 Å². The normalized spacial score (nSPS) is 10.8. The summed E-state index contributed by atoms with van der Waals surface area (Å²) >= 11 is 0. The Morgan fingerprint density at radius 1 is 1.03 bits per heavy atom. The van der Waals surface area contributed by atoms with E-state index in [0.29, 0.717) is 24.4 Å². The minimum absolute atomic E-state index is 0.169. The van der Waals surface area contributed by atoms with Gasteiger partial charge in [0.25, 0.3) is 5.91 Å². The third-order valence-electron chi connectivity index (χ3n) is 4.75. The van der Waals surface area contributed by atoms with Crippen LogP contribution in [-0.4, -0.2) is 15.3 Å². The van der Waals surface area contributed by atoms with E-state index in [1.165, 1.54) is 0 Å². The smallest absolute Gasteiger partial charge is 0.274 e. The number of fused-ring (bicyclic) bond motifs is 1. The molecule has 5 heteroatoms. The van der Waals surface area contributed by atoms with Crippen molar-refractivity contribution >= 4 is 17.2 Å². The second-order valence-corrected chi connectivity index (χ2v) is 6.95. The van der Waals surface area contributed by atoms with Crippen LogP contribution >= 0.6 is 0 Å². The molecule has 4 rings (SSSR count). The first-order valence-electron chi connectivity index (χ1n) is 9.70.